The van der Waals surface area contributed by atoms with Crippen molar-refractivity contribution in [2.45, 2.75) is 32.0 Å². The highest BCUT2D eigenvalue weighted by Gasteiger charge is 2.37. The van der Waals surface area contributed by atoms with Gasteiger partial charge in [0.1, 0.15) is 5.82 Å². The fourth-order valence-electron chi connectivity index (χ4n) is 2.88. The van der Waals surface area contributed by atoms with E-state index in [9.17, 15) is 8.42 Å². The number of hydrogen-bond acceptors (Lipinski definition) is 7. The zero-order chi connectivity index (χ0) is 17.9. The quantitative estimate of drug-likeness (QED) is 0.644. The van der Waals surface area contributed by atoms with Crippen molar-refractivity contribution in [3.8, 4) is 11.6 Å². The molecule has 4 rings (SSSR count). The molecule has 140 valence electrons. The summed E-state index contributed by atoms with van der Waals surface area (Å²) in [6, 6.07) is 0. The number of aryl methyl sites for hydroxylation is 4. The molecule has 0 bridgehead atoms. The number of rotatable bonds is 3. The van der Waals surface area contributed by atoms with Crippen LogP contribution in [0, 0.1) is 13.8 Å². The molecule has 26 heavy (non-hydrogen) atoms. The summed E-state index contributed by atoms with van der Waals surface area (Å²) >= 11 is 0. The largest absolute Gasteiger partial charge is 0.337 e. The molecule has 1 aliphatic rings. The first-order chi connectivity index (χ1) is 11.8. The van der Waals surface area contributed by atoms with E-state index < -0.39 is 10.0 Å². The second kappa shape index (κ2) is 6.18. The van der Waals surface area contributed by atoms with Gasteiger partial charge in [0, 0.05) is 32.4 Å². The first kappa shape index (κ1) is 18.5. The molecule has 12 heteroatoms. The lowest BCUT2D eigenvalue weighted by molar-refractivity contribution is 0.412. The van der Waals surface area contributed by atoms with Gasteiger partial charge in [-0.3, -0.25) is 4.68 Å². The number of aromatic nitrogens is 6. The summed E-state index contributed by atoms with van der Waals surface area (Å²) in [6.07, 6.45) is 1.52. The molecule has 0 atom stereocenters. The first-order valence-corrected chi connectivity index (χ1v) is 9.07. The molecule has 4 heterocycles. The normalized spacial score (nSPS) is 14.5. The van der Waals surface area contributed by atoms with Crippen molar-refractivity contribution < 1.29 is 12.9 Å². The third-order valence-electron chi connectivity index (χ3n) is 4.36. The second-order valence-electron chi connectivity index (χ2n) is 6.05. The van der Waals surface area contributed by atoms with Gasteiger partial charge in [0.05, 0.1) is 12.2 Å². The molecule has 3 aromatic rings. The highest BCUT2D eigenvalue weighted by atomic mass is 35.5. The zero-order valence-corrected chi connectivity index (χ0v) is 16.3. The van der Waals surface area contributed by atoms with Crippen LogP contribution in [0.15, 0.2) is 15.7 Å². The molecule has 3 aromatic heterocycles. The topological polar surface area (TPSA) is 112 Å². The highest BCUT2D eigenvalue weighted by molar-refractivity contribution is 7.89. The molecule has 0 N–H and O–H groups in total. The van der Waals surface area contributed by atoms with Crippen LogP contribution >= 0.6 is 12.4 Å². The van der Waals surface area contributed by atoms with Gasteiger partial charge in [-0.1, -0.05) is 5.16 Å². The maximum atomic E-state index is 12.9. The van der Waals surface area contributed by atoms with Crippen LogP contribution in [0.5, 0.6) is 0 Å². The molecule has 0 saturated carbocycles. The molecule has 0 unspecified atom stereocenters. The van der Waals surface area contributed by atoms with Gasteiger partial charge in [-0.05, 0) is 13.8 Å². The Labute approximate surface area is 156 Å². The van der Waals surface area contributed by atoms with Crippen molar-refractivity contribution >= 4 is 22.4 Å². The summed E-state index contributed by atoms with van der Waals surface area (Å²) in [5.74, 6) is 1.43. The summed E-state index contributed by atoms with van der Waals surface area (Å²) in [7, 11) is -0.160. The molecular formula is C14H18ClN7O3S. The Morgan fingerprint density at radius 1 is 1.15 bits per heavy atom. The van der Waals surface area contributed by atoms with Gasteiger partial charge < -0.3 is 9.09 Å². The third-order valence-corrected chi connectivity index (χ3v) is 6.02. The maximum Gasteiger partial charge on any atom is 0.278 e. The van der Waals surface area contributed by atoms with E-state index in [2.05, 4.69) is 20.2 Å². The van der Waals surface area contributed by atoms with E-state index in [1.165, 1.54) is 10.5 Å². The van der Waals surface area contributed by atoms with E-state index in [4.69, 9.17) is 4.52 Å². The van der Waals surface area contributed by atoms with Crippen LogP contribution in [0.25, 0.3) is 11.6 Å². The minimum Gasteiger partial charge on any atom is -0.337 e. The van der Waals surface area contributed by atoms with Crippen molar-refractivity contribution in [1.82, 2.24) is 33.8 Å². The van der Waals surface area contributed by atoms with E-state index in [-0.39, 0.29) is 30.5 Å². The summed E-state index contributed by atoms with van der Waals surface area (Å²) in [4.78, 5) is 8.34. The Morgan fingerprint density at radius 2 is 1.88 bits per heavy atom. The summed E-state index contributed by atoms with van der Waals surface area (Å²) in [6.45, 7) is 3.90. The molecule has 0 saturated heterocycles. The van der Waals surface area contributed by atoms with Gasteiger partial charge in [-0.15, -0.1) is 12.4 Å². The Morgan fingerprint density at radius 3 is 2.46 bits per heavy atom. The molecule has 1 aliphatic heterocycles. The second-order valence-corrected chi connectivity index (χ2v) is 7.94. The summed E-state index contributed by atoms with van der Waals surface area (Å²) < 4.78 is 35.7. The minimum absolute atomic E-state index is 0. The standard InChI is InChI=1S/C14H17N7O3S.ClH/c1-8-15-14(24-18-8)13-10-5-21(6-11(10)20(4)17-13)25(22,23)12-7-19(3)9(2)16-12;/h7H,5-6H2,1-4H3;1H. The number of nitrogens with zero attached hydrogens (tertiary/aromatic N) is 7. The van der Waals surface area contributed by atoms with Crippen molar-refractivity contribution in [3.05, 3.63) is 29.1 Å². The van der Waals surface area contributed by atoms with Crippen LogP contribution in [0.4, 0.5) is 0 Å². The van der Waals surface area contributed by atoms with E-state index in [0.29, 0.717) is 23.2 Å². The SMILES string of the molecule is Cc1noc(-c2nn(C)c3c2CN(S(=O)(=O)c2cn(C)c(C)n2)C3)n1.Cl. The number of fused-ring (bicyclic) bond motifs is 1. The monoisotopic (exact) mass is 399 g/mol. The summed E-state index contributed by atoms with van der Waals surface area (Å²) in [5.41, 5.74) is 2.11. The average molecular weight is 400 g/mol. The molecule has 0 fully saturated rings. The molecule has 0 spiro atoms. The number of sulfonamides is 1. The van der Waals surface area contributed by atoms with Crippen LogP contribution in [0.2, 0.25) is 0 Å². The lowest BCUT2D eigenvalue weighted by atomic mass is 10.2. The van der Waals surface area contributed by atoms with E-state index in [1.807, 2.05) is 0 Å². The number of halogens is 1. The van der Waals surface area contributed by atoms with Gasteiger partial charge in [-0.2, -0.15) is 14.4 Å². The van der Waals surface area contributed by atoms with E-state index >= 15 is 0 Å². The van der Waals surface area contributed by atoms with Crippen molar-refractivity contribution in [2.75, 3.05) is 0 Å². The first-order valence-electron chi connectivity index (χ1n) is 7.63. The minimum atomic E-state index is -3.69. The lowest BCUT2D eigenvalue weighted by Gasteiger charge is -2.14. The predicted molar refractivity (Wildman–Crippen MR) is 92.9 cm³/mol. The van der Waals surface area contributed by atoms with Crippen molar-refractivity contribution in [1.29, 1.82) is 0 Å². The van der Waals surface area contributed by atoms with Crippen LogP contribution in [0.1, 0.15) is 22.9 Å². The smallest absolute Gasteiger partial charge is 0.278 e. The Hall–Kier alpha value is -2.24. The van der Waals surface area contributed by atoms with Crippen LogP contribution < -0.4 is 0 Å². The number of imidazole rings is 1. The Bertz CT molecular complexity index is 1060. The molecule has 0 aliphatic carbocycles. The fourth-order valence-corrected chi connectivity index (χ4v) is 4.28. The van der Waals surface area contributed by atoms with E-state index in [0.717, 1.165) is 11.3 Å². The highest BCUT2D eigenvalue weighted by Crippen LogP contribution is 2.34. The lowest BCUT2D eigenvalue weighted by Crippen LogP contribution is -2.27. The molecule has 0 radical (unpaired) electrons. The third kappa shape index (κ3) is 2.72. The maximum absolute atomic E-state index is 12.9. The molecular weight excluding hydrogens is 382 g/mol. The Balaban J connectivity index is 0.00000196. The molecule has 0 amide bonds. The van der Waals surface area contributed by atoms with Gasteiger partial charge in [0.25, 0.3) is 15.9 Å². The number of hydrogen-bond donors (Lipinski definition) is 0. The van der Waals surface area contributed by atoms with Crippen molar-refractivity contribution in [2.24, 2.45) is 14.1 Å². The summed E-state index contributed by atoms with van der Waals surface area (Å²) in [5, 5.41) is 8.22. The van der Waals surface area contributed by atoms with Gasteiger partial charge in [-0.25, -0.2) is 13.4 Å². The molecule has 0 aromatic carbocycles. The van der Waals surface area contributed by atoms with Gasteiger partial charge in [0.15, 0.2) is 16.5 Å². The van der Waals surface area contributed by atoms with Gasteiger partial charge >= 0.3 is 0 Å². The molecule has 10 nitrogen and oxygen atoms in total. The van der Waals surface area contributed by atoms with Crippen LogP contribution in [0.3, 0.4) is 0 Å². The average Bonchev–Trinajstić information content (AvgIpc) is 3.28. The van der Waals surface area contributed by atoms with E-state index in [1.54, 1.807) is 37.2 Å². The fraction of sp³-hybridized carbons (Fsp3) is 0.429. The van der Waals surface area contributed by atoms with Gasteiger partial charge in [0.2, 0.25) is 0 Å². The van der Waals surface area contributed by atoms with Crippen LogP contribution in [-0.4, -0.2) is 42.2 Å². The van der Waals surface area contributed by atoms with Crippen molar-refractivity contribution in [3.63, 3.8) is 0 Å². The Kier molecular flexibility index (Phi) is 4.41. The zero-order valence-electron chi connectivity index (χ0n) is 14.7. The van der Waals surface area contributed by atoms with Crippen LogP contribution in [-0.2, 0) is 37.2 Å². The predicted octanol–water partition coefficient (Wildman–Crippen LogP) is 0.947.